The predicted molar refractivity (Wildman–Crippen MR) is 75.3 cm³/mol. The number of aryl methyl sites for hydroxylation is 1. The van der Waals surface area contributed by atoms with Gasteiger partial charge < -0.3 is 5.32 Å². The van der Waals surface area contributed by atoms with E-state index in [4.69, 9.17) is 0 Å². The summed E-state index contributed by atoms with van der Waals surface area (Å²) in [6, 6.07) is 8.91. The highest BCUT2D eigenvalue weighted by Gasteiger charge is 2.31. The van der Waals surface area contributed by atoms with Crippen molar-refractivity contribution in [3.63, 3.8) is 0 Å². The lowest BCUT2D eigenvalue weighted by Gasteiger charge is -2.11. The van der Waals surface area contributed by atoms with Crippen molar-refractivity contribution in [2.24, 2.45) is 0 Å². The van der Waals surface area contributed by atoms with Gasteiger partial charge in [-0.2, -0.15) is 13.2 Å². The number of hydrogen-bond acceptors (Lipinski definition) is 3. The van der Waals surface area contributed by atoms with Crippen LogP contribution in [0.5, 0.6) is 0 Å². The summed E-state index contributed by atoms with van der Waals surface area (Å²) in [7, 11) is 0. The number of carbonyl (C=O) groups excluding carboxylic acids is 1. The molecule has 0 fully saturated rings. The monoisotopic (exact) mass is 312 g/mol. The van der Waals surface area contributed by atoms with E-state index in [-0.39, 0.29) is 28.0 Å². The van der Waals surface area contributed by atoms with E-state index in [1.54, 1.807) is 18.3 Å². The summed E-state index contributed by atoms with van der Waals surface area (Å²) < 4.78 is 37.4. The van der Waals surface area contributed by atoms with Crippen LogP contribution in [0.3, 0.4) is 0 Å². The average Bonchev–Trinajstić information content (AvgIpc) is 2.40. The van der Waals surface area contributed by atoms with Crippen LogP contribution in [0.1, 0.15) is 15.9 Å². The van der Waals surface area contributed by atoms with Gasteiger partial charge >= 0.3 is 5.51 Å². The summed E-state index contributed by atoms with van der Waals surface area (Å²) in [6.07, 6.45) is 1.56. The number of halogens is 3. The molecule has 0 aliphatic heterocycles. The van der Waals surface area contributed by atoms with Gasteiger partial charge in [-0.1, -0.05) is 18.2 Å². The number of anilines is 1. The van der Waals surface area contributed by atoms with E-state index in [9.17, 15) is 18.0 Å². The van der Waals surface area contributed by atoms with Crippen molar-refractivity contribution in [1.29, 1.82) is 0 Å². The van der Waals surface area contributed by atoms with Crippen molar-refractivity contribution < 1.29 is 18.0 Å². The molecule has 0 saturated heterocycles. The molecule has 0 saturated carbocycles. The van der Waals surface area contributed by atoms with E-state index in [0.717, 1.165) is 5.56 Å². The van der Waals surface area contributed by atoms with Gasteiger partial charge in [-0.15, -0.1) is 0 Å². The lowest BCUT2D eigenvalue weighted by atomic mass is 10.2. The second kappa shape index (κ2) is 6.17. The molecule has 2 aromatic rings. The van der Waals surface area contributed by atoms with Crippen molar-refractivity contribution in [3.05, 3.63) is 53.7 Å². The van der Waals surface area contributed by atoms with Gasteiger partial charge in [0.1, 0.15) is 5.82 Å². The zero-order valence-electron chi connectivity index (χ0n) is 10.9. The molecular formula is C14H11F3N2OS. The largest absolute Gasteiger partial charge is 0.446 e. The lowest BCUT2D eigenvalue weighted by molar-refractivity contribution is -0.0328. The molecule has 0 atom stereocenters. The molecule has 1 heterocycles. The summed E-state index contributed by atoms with van der Waals surface area (Å²) in [5.41, 5.74) is -3.57. The van der Waals surface area contributed by atoms with E-state index in [1.165, 1.54) is 24.3 Å². The first-order valence-corrected chi connectivity index (χ1v) is 6.75. The van der Waals surface area contributed by atoms with Gasteiger partial charge in [0.05, 0.1) is 5.56 Å². The average molecular weight is 312 g/mol. The second-order valence-electron chi connectivity index (χ2n) is 4.22. The minimum atomic E-state index is -4.45. The number of pyridine rings is 1. The van der Waals surface area contributed by atoms with Crippen molar-refractivity contribution in [2.45, 2.75) is 17.3 Å². The number of nitrogens with one attached hydrogen (secondary N) is 1. The molecule has 0 unspecified atom stereocenters. The van der Waals surface area contributed by atoms with Crippen LogP contribution in [-0.4, -0.2) is 16.4 Å². The van der Waals surface area contributed by atoms with Crippen molar-refractivity contribution in [1.82, 2.24) is 4.98 Å². The maximum atomic E-state index is 12.5. The van der Waals surface area contributed by atoms with E-state index in [0.29, 0.717) is 0 Å². The van der Waals surface area contributed by atoms with Gasteiger partial charge in [0.2, 0.25) is 0 Å². The van der Waals surface area contributed by atoms with Gasteiger partial charge in [0, 0.05) is 11.1 Å². The second-order valence-corrected chi connectivity index (χ2v) is 5.33. The van der Waals surface area contributed by atoms with Crippen LogP contribution >= 0.6 is 11.8 Å². The molecule has 0 spiro atoms. The smallest absolute Gasteiger partial charge is 0.307 e. The summed E-state index contributed by atoms with van der Waals surface area (Å²) in [4.78, 5) is 15.9. The topological polar surface area (TPSA) is 42.0 Å². The predicted octanol–water partition coefficient (Wildman–Crippen LogP) is 4.25. The number of nitrogens with zero attached hydrogens (tertiary/aromatic N) is 1. The van der Waals surface area contributed by atoms with E-state index in [1.807, 2.05) is 6.92 Å². The van der Waals surface area contributed by atoms with Crippen molar-refractivity contribution in [3.8, 4) is 0 Å². The number of rotatable bonds is 3. The molecule has 0 radical (unpaired) electrons. The molecule has 2 rings (SSSR count). The Bertz CT molecular complexity index is 641. The Kier molecular flexibility index (Phi) is 4.52. The third-order valence-electron chi connectivity index (χ3n) is 2.51. The van der Waals surface area contributed by atoms with Crippen LogP contribution in [-0.2, 0) is 0 Å². The first-order valence-electron chi connectivity index (χ1n) is 5.94. The fraction of sp³-hybridized carbons (Fsp3) is 0.143. The molecule has 21 heavy (non-hydrogen) atoms. The minimum absolute atomic E-state index is 0.0396. The third-order valence-corrected chi connectivity index (χ3v) is 3.32. The van der Waals surface area contributed by atoms with E-state index < -0.39 is 11.4 Å². The highest BCUT2D eigenvalue weighted by atomic mass is 32.2. The normalized spacial score (nSPS) is 11.2. The maximum absolute atomic E-state index is 12.5. The standard InChI is InChI=1S/C14H11F3N2OS/c1-9-6-7-12(18-8-9)19-13(20)10-4-2-3-5-11(10)21-14(15,16)17/h2-8H,1H3,(H,18,19,20). The quantitative estimate of drug-likeness (QED) is 0.861. The Labute approximate surface area is 123 Å². The maximum Gasteiger partial charge on any atom is 0.446 e. The molecule has 0 bridgehead atoms. The van der Waals surface area contributed by atoms with Crippen molar-refractivity contribution in [2.75, 3.05) is 5.32 Å². The minimum Gasteiger partial charge on any atom is -0.307 e. The van der Waals surface area contributed by atoms with Gasteiger partial charge in [0.25, 0.3) is 5.91 Å². The Balaban J connectivity index is 2.21. The van der Waals surface area contributed by atoms with Gasteiger partial charge in [0.15, 0.2) is 0 Å². The molecule has 7 heteroatoms. The fourth-order valence-electron chi connectivity index (χ4n) is 1.59. The van der Waals surface area contributed by atoms with Crippen LogP contribution in [0, 0.1) is 6.92 Å². The van der Waals surface area contributed by atoms with Gasteiger partial charge in [-0.25, -0.2) is 4.98 Å². The number of aromatic nitrogens is 1. The molecule has 1 aromatic heterocycles. The number of benzene rings is 1. The number of hydrogen-bond donors (Lipinski definition) is 1. The SMILES string of the molecule is Cc1ccc(NC(=O)c2ccccc2SC(F)(F)F)nc1. The first-order chi connectivity index (χ1) is 9.85. The summed E-state index contributed by atoms with van der Waals surface area (Å²) in [6.45, 7) is 1.84. The van der Waals surface area contributed by atoms with Gasteiger partial charge in [-0.3, -0.25) is 4.79 Å². The van der Waals surface area contributed by atoms with Gasteiger partial charge in [-0.05, 0) is 42.4 Å². The van der Waals surface area contributed by atoms with Crippen molar-refractivity contribution >= 4 is 23.5 Å². The molecule has 110 valence electrons. The summed E-state index contributed by atoms with van der Waals surface area (Å²) in [5, 5.41) is 2.48. The Morgan fingerprint density at radius 3 is 2.52 bits per heavy atom. The number of carbonyl (C=O) groups is 1. The Morgan fingerprint density at radius 1 is 1.19 bits per heavy atom. The highest BCUT2D eigenvalue weighted by molar-refractivity contribution is 8.00. The molecular weight excluding hydrogens is 301 g/mol. The summed E-state index contributed by atoms with van der Waals surface area (Å²) >= 11 is -0.313. The first kappa shape index (κ1) is 15.4. The van der Waals surface area contributed by atoms with Crippen LogP contribution in [0.2, 0.25) is 0 Å². The lowest BCUT2D eigenvalue weighted by Crippen LogP contribution is -2.14. The zero-order valence-corrected chi connectivity index (χ0v) is 11.8. The Morgan fingerprint density at radius 2 is 1.90 bits per heavy atom. The number of amides is 1. The molecule has 3 nitrogen and oxygen atoms in total. The number of alkyl halides is 3. The highest BCUT2D eigenvalue weighted by Crippen LogP contribution is 2.38. The Hall–Kier alpha value is -2.02. The van der Waals surface area contributed by atoms with Crippen LogP contribution in [0.15, 0.2) is 47.5 Å². The number of thioether (sulfide) groups is 1. The summed E-state index contributed by atoms with van der Waals surface area (Å²) in [5.74, 6) is -0.337. The fourth-order valence-corrected chi connectivity index (χ4v) is 2.26. The van der Waals surface area contributed by atoms with Crippen LogP contribution in [0.4, 0.5) is 19.0 Å². The molecule has 1 amide bonds. The molecule has 0 aliphatic rings. The van der Waals surface area contributed by atoms with E-state index in [2.05, 4.69) is 10.3 Å². The zero-order chi connectivity index (χ0) is 15.5. The van der Waals surface area contributed by atoms with E-state index >= 15 is 0 Å². The molecule has 1 aromatic carbocycles. The third kappa shape index (κ3) is 4.49. The molecule has 1 N–H and O–H groups in total. The van der Waals surface area contributed by atoms with Crippen LogP contribution in [0.25, 0.3) is 0 Å². The molecule has 0 aliphatic carbocycles. The van der Waals surface area contributed by atoms with Crippen LogP contribution < -0.4 is 5.32 Å².